The van der Waals surface area contributed by atoms with E-state index in [1.165, 1.54) is 6.42 Å². The van der Waals surface area contributed by atoms with Crippen LogP contribution in [0.5, 0.6) is 0 Å². The minimum Gasteiger partial charge on any atom is -0.315 e. The summed E-state index contributed by atoms with van der Waals surface area (Å²) >= 11 is 5.85. The van der Waals surface area contributed by atoms with Crippen molar-refractivity contribution >= 4 is 11.6 Å². The summed E-state index contributed by atoms with van der Waals surface area (Å²) < 4.78 is 0. The van der Waals surface area contributed by atoms with Gasteiger partial charge < -0.3 is 5.32 Å². The lowest BCUT2D eigenvalue weighted by atomic mass is 10.3. The summed E-state index contributed by atoms with van der Waals surface area (Å²) in [5.41, 5.74) is 1.06. The van der Waals surface area contributed by atoms with Crippen molar-refractivity contribution < 1.29 is 0 Å². The van der Waals surface area contributed by atoms with Gasteiger partial charge in [0.2, 0.25) is 0 Å². The molecule has 0 radical (unpaired) electrons. The highest BCUT2D eigenvalue weighted by atomic mass is 35.5. The predicted molar refractivity (Wildman–Crippen MR) is 62.0 cm³/mol. The molecule has 1 aliphatic heterocycles. The third-order valence-corrected chi connectivity index (χ3v) is 2.80. The molecule has 3 nitrogen and oxygen atoms in total. The standard InChI is InChI=1S/C11H16ClN3/c12-11-4-1-3-10(14-11)9-15-7-2-5-13-6-8-15/h1,3-4,13H,2,5-9H2. The van der Waals surface area contributed by atoms with Crippen LogP contribution >= 0.6 is 11.6 Å². The highest BCUT2D eigenvalue weighted by Crippen LogP contribution is 2.08. The van der Waals surface area contributed by atoms with Crippen LogP contribution in [0, 0.1) is 0 Å². The zero-order chi connectivity index (χ0) is 10.5. The first-order chi connectivity index (χ1) is 7.34. The summed E-state index contributed by atoms with van der Waals surface area (Å²) in [6.45, 7) is 5.33. The van der Waals surface area contributed by atoms with Crippen molar-refractivity contribution in [3.63, 3.8) is 0 Å². The molecule has 1 aromatic heterocycles. The van der Waals surface area contributed by atoms with Crippen LogP contribution in [0.4, 0.5) is 0 Å². The summed E-state index contributed by atoms with van der Waals surface area (Å²) in [5.74, 6) is 0. The van der Waals surface area contributed by atoms with E-state index in [0.29, 0.717) is 5.15 Å². The van der Waals surface area contributed by atoms with Crippen molar-refractivity contribution in [2.24, 2.45) is 0 Å². The molecule has 0 amide bonds. The van der Waals surface area contributed by atoms with E-state index < -0.39 is 0 Å². The average Bonchev–Trinajstić information content (AvgIpc) is 2.46. The number of halogens is 1. The van der Waals surface area contributed by atoms with E-state index in [4.69, 9.17) is 11.6 Å². The predicted octanol–water partition coefficient (Wildman–Crippen LogP) is 1.53. The lowest BCUT2D eigenvalue weighted by Crippen LogP contribution is -2.27. The summed E-state index contributed by atoms with van der Waals surface area (Å²) in [5, 5.41) is 3.97. The number of hydrogen-bond donors (Lipinski definition) is 1. The third-order valence-electron chi connectivity index (χ3n) is 2.59. The number of aromatic nitrogens is 1. The minimum atomic E-state index is 0.584. The van der Waals surface area contributed by atoms with Gasteiger partial charge in [0.15, 0.2) is 0 Å². The molecule has 4 heteroatoms. The number of rotatable bonds is 2. The molecule has 0 saturated carbocycles. The van der Waals surface area contributed by atoms with Gasteiger partial charge in [0.05, 0.1) is 5.69 Å². The minimum absolute atomic E-state index is 0.584. The van der Waals surface area contributed by atoms with Gasteiger partial charge in [-0.05, 0) is 31.6 Å². The van der Waals surface area contributed by atoms with E-state index in [-0.39, 0.29) is 0 Å². The summed E-state index contributed by atoms with van der Waals surface area (Å²) in [6.07, 6.45) is 1.21. The fraction of sp³-hybridized carbons (Fsp3) is 0.545. The van der Waals surface area contributed by atoms with Crippen molar-refractivity contribution in [3.05, 3.63) is 29.0 Å². The molecule has 0 bridgehead atoms. The van der Waals surface area contributed by atoms with E-state index in [1.807, 2.05) is 18.2 Å². The summed E-state index contributed by atoms with van der Waals surface area (Å²) in [4.78, 5) is 6.72. The van der Waals surface area contributed by atoms with Crippen molar-refractivity contribution in [2.75, 3.05) is 26.2 Å². The Morgan fingerprint density at radius 2 is 2.27 bits per heavy atom. The molecule has 0 aromatic carbocycles. The molecule has 2 rings (SSSR count). The summed E-state index contributed by atoms with van der Waals surface area (Å²) in [6, 6.07) is 5.81. The van der Waals surface area contributed by atoms with Gasteiger partial charge >= 0.3 is 0 Å². The highest BCUT2D eigenvalue weighted by molar-refractivity contribution is 6.29. The molecule has 1 fully saturated rings. The van der Waals surface area contributed by atoms with Gasteiger partial charge in [-0.25, -0.2) is 4.98 Å². The fourth-order valence-corrected chi connectivity index (χ4v) is 2.01. The average molecular weight is 226 g/mol. The molecule has 1 aromatic rings. The molecular weight excluding hydrogens is 210 g/mol. The Morgan fingerprint density at radius 3 is 3.13 bits per heavy atom. The van der Waals surface area contributed by atoms with Crippen LogP contribution in [0.1, 0.15) is 12.1 Å². The molecule has 0 atom stereocenters. The molecule has 0 aliphatic carbocycles. The van der Waals surface area contributed by atoms with Crippen LogP contribution in [0.2, 0.25) is 5.15 Å². The molecule has 1 N–H and O–H groups in total. The van der Waals surface area contributed by atoms with Gasteiger partial charge in [-0.2, -0.15) is 0 Å². The quantitative estimate of drug-likeness (QED) is 0.774. The molecule has 0 unspecified atom stereocenters. The Bertz CT molecular complexity index is 308. The Morgan fingerprint density at radius 1 is 1.33 bits per heavy atom. The largest absolute Gasteiger partial charge is 0.315 e. The topological polar surface area (TPSA) is 28.2 Å². The Hall–Kier alpha value is -0.640. The number of pyridine rings is 1. The molecule has 15 heavy (non-hydrogen) atoms. The smallest absolute Gasteiger partial charge is 0.129 e. The van der Waals surface area contributed by atoms with Crippen molar-refractivity contribution in [3.8, 4) is 0 Å². The van der Waals surface area contributed by atoms with E-state index in [9.17, 15) is 0 Å². The molecule has 0 spiro atoms. The van der Waals surface area contributed by atoms with Gasteiger partial charge in [0.1, 0.15) is 5.15 Å². The zero-order valence-corrected chi connectivity index (χ0v) is 9.50. The Kier molecular flexibility index (Phi) is 3.94. The second kappa shape index (κ2) is 5.45. The lowest BCUT2D eigenvalue weighted by molar-refractivity contribution is 0.281. The summed E-state index contributed by atoms with van der Waals surface area (Å²) in [7, 11) is 0. The number of nitrogens with zero attached hydrogens (tertiary/aromatic N) is 2. The second-order valence-corrected chi connectivity index (χ2v) is 4.22. The maximum atomic E-state index is 5.85. The molecule has 82 valence electrons. The maximum absolute atomic E-state index is 5.85. The van der Waals surface area contributed by atoms with Crippen LogP contribution in [0.25, 0.3) is 0 Å². The van der Waals surface area contributed by atoms with Gasteiger partial charge in [-0.3, -0.25) is 4.90 Å². The van der Waals surface area contributed by atoms with E-state index >= 15 is 0 Å². The van der Waals surface area contributed by atoms with E-state index in [2.05, 4.69) is 15.2 Å². The normalized spacial score (nSPS) is 18.7. The second-order valence-electron chi connectivity index (χ2n) is 3.83. The monoisotopic (exact) mass is 225 g/mol. The zero-order valence-electron chi connectivity index (χ0n) is 8.75. The van der Waals surface area contributed by atoms with Gasteiger partial charge in [0, 0.05) is 19.6 Å². The van der Waals surface area contributed by atoms with Gasteiger partial charge in [0.25, 0.3) is 0 Å². The number of hydrogen-bond acceptors (Lipinski definition) is 3. The third kappa shape index (κ3) is 3.45. The first kappa shape index (κ1) is 10.9. The van der Waals surface area contributed by atoms with Crippen molar-refractivity contribution in [1.82, 2.24) is 15.2 Å². The first-order valence-corrected chi connectivity index (χ1v) is 5.77. The van der Waals surface area contributed by atoms with Gasteiger partial charge in [-0.1, -0.05) is 17.7 Å². The van der Waals surface area contributed by atoms with Crippen molar-refractivity contribution in [1.29, 1.82) is 0 Å². The molecule has 1 saturated heterocycles. The fourth-order valence-electron chi connectivity index (χ4n) is 1.83. The highest BCUT2D eigenvalue weighted by Gasteiger charge is 2.09. The van der Waals surface area contributed by atoms with Crippen molar-refractivity contribution in [2.45, 2.75) is 13.0 Å². The van der Waals surface area contributed by atoms with Gasteiger partial charge in [-0.15, -0.1) is 0 Å². The van der Waals surface area contributed by atoms with E-state index in [1.54, 1.807) is 0 Å². The van der Waals surface area contributed by atoms with E-state index in [0.717, 1.165) is 38.4 Å². The van der Waals surface area contributed by atoms with Crippen LogP contribution < -0.4 is 5.32 Å². The van der Waals surface area contributed by atoms with Crippen LogP contribution in [-0.4, -0.2) is 36.1 Å². The maximum Gasteiger partial charge on any atom is 0.129 e. The Balaban J connectivity index is 1.95. The number of nitrogens with one attached hydrogen (secondary N) is 1. The SMILES string of the molecule is Clc1cccc(CN2CCCNCC2)n1. The molecule has 1 aliphatic rings. The molecular formula is C11H16ClN3. The lowest BCUT2D eigenvalue weighted by Gasteiger charge is -2.18. The van der Waals surface area contributed by atoms with Crippen LogP contribution in [-0.2, 0) is 6.54 Å². The molecule has 2 heterocycles. The first-order valence-electron chi connectivity index (χ1n) is 5.39. The van der Waals surface area contributed by atoms with Crippen LogP contribution in [0.3, 0.4) is 0 Å². The van der Waals surface area contributed by atoms with Crippen LogP contribution in [0.15, 0.2) is 18.2 Å². The Labute approximate surface area is 95.4 Å².